The van der Waals surface area contributed by atoms with Gasteiger partial charge in [-0.1, -0.05) is 18.2 Å². The van der Waals surface area contributed by atoms with E-state index in [9.17, 15) is 18.0 Å². The van der Waals surface area contributed by atoms with Gasteiger partial charge < -0.3 is 10.2 Å². The van der Waals surface area contributed by atoms with Crippen LogP contribution in [-0.4, -0.2) is 35.8 Å². The van der Waals surface area contributed by atoms with Crippen LogP contribution in [0.3, 0.4) is 0 Å². The molecule has 4 nitrogen and oxygen atoms in total. The molecule has 2 aromatic rings. The van der Waals surface area contributed by atoms with E-state index in [1.54, 1.807) is 0 Å². The van der Waals surface area contributed by atoms with E-state index < -0.39 is 11.7 Å². The molecule has 0 unspecified atom stereocenters. The van der Waals surface area contributed by atoms with Crippen molar-refractivity contribution in [2.24, 2.45) is 0 Å². The van der Waals surface area contributed by atoms with Crippen LogP contribution in [-0.2, 0) is 11.0 Å². The van der Waals surface area contributed by atoms with E-state index in [1.807, 2.05) is 36.1 Å². The Morgan fingerprint density at radius 1 is 1.21 bits per heavy atom. The Balaban J connectivity index is 1.45. The normalized spacial score (nSPS) is 15.5. The summed E-state index contributed by atoms with van der Waals surface area (Å²) in [6.07, 6.45) is -2.03. The summed E-state index contributed by atoms with van der Waals surface area (Å²) in [5.41, 5.74) is 0.405. The fourth-order valence-corrected chi connectivity index (χ4v) is 3.97. The van der Waals surface area contributed by atoms with E-state index in [2.05, 4.69) is 10.3 Å². The number of hydrogen-bond acceptors (Lipinski definition) is 4. The van der Waals surface area contributed by atoms with Crippen LogP contribution in [0, 0.1) is 6.92 Å². The Morgan fingerprint density at radius 2 is 1.93 bits per heavy atom. The molecule has 1 saturated heterocycles. The predicted molar refractivity (Wildman–Crippen MR) is 105 cm³/mol. The zero-order valence-corrected chi connectivity index (χ0v) is 16.3. The summed E-state index contributed by atoms with van der Waals surface area (Å²) in [5, 5.41) is 3.05. The van der Waals surface area contributed by atoms with Crippen molar-refractivity contribution in [1.29, 1.82) is 0 Å². The molecule has 1 fully saturated rings. The number of thioether (sulfide) groups is 1. The van der Waals surface area contributed by atoms with Gasteiger partial charge >= 0.3 is 6.18 Å². The van der Waals surface area contributed by atoms with Gasteiger partial charge in [0.25, 0.3) is 0 Å². The minimum atomic E-state index is -4.38. The zero-order chi connectivity index (χ0) is 20.1. The van der Waals surface area contributed by atoms with Crippen LogP contribution in [0.25, 0.3) is 0 Å². The number of alkyl halides is 3. The third-order valence-electron chi connectivity index (χ3n) is 4.71. The SMILES string of the molecule is Cc1ccccc1SCC(=O)NC1CCN(c2ccc(C(F)(F)F)cn2)CC1. The molecule has 0 saturated carbocycles. The molecule has 1 aromatic heterocycles. The van der Waals surface area contributed by atoms with Crippen LogP contribution in [0.5, 0.6) is 0 Å². The standard InChI is InChI=1S/C20H22F3N3OS/c1-14-4-2-3-5-17(14)28-13-19(27)25-16-8-10-26(11-9-16)18-7-6-15(12-24-18)20(21,22)23/h2-7,12,16H,8-11,13H2,1H3,(H,25,27). The summed E-state index contributed by atoms with van der Waals surface area (Å²) in [6, 6.07) is 10.5. The second kappa shape index (κ2) is 8.86. The van der Waals surface area contributed by atoms with Crippen molar-refractivity contribution in [2.75, 3.05) is 23.7 Å². The minimum Gasteiger partial charge on any atom is -0.356 e. The highest BCUT2D eigenvalue weighted by molar-refractivity contribution is 8.00. The Hall–Kier alpha value is -2.22. The fraction of sp³-hybridized carbons (Fsp3) is 0.400. The van der Waals surface area contributed by atoms with E-state index in [1.165, 1.54) is 17.8 Å². The summed E-state index contributed by atoms with van der Waals surface area (Å²) >= 11 is 1.52. The van der Waals surface area contributed by atoms with Gasteiger partial charge in [0.2, 0.25) is 5.91 Å². The molecule has 0 spiro atoms. The quantitative estimate of drug-likeness (QED) is 0.749. The molecule has 8 heteroatoms. The van der Waals surface area contributed by atoms with Gasteiger partial charge in [-0.15, -0.1) is 11.8 Å². The third kappa shape index (κ3) is 5.41. The molecule has 1 amide bonds. The summed E-state index contributed by atoms with van der Waals surface area (Å²) in [7, 11) is 0. The summed E-state index contributed by atoms with van der Waals surface area (Å²) in [6.45, 7) is 3.31. The predicted octanol–water partition coefficient (Wildman–Crippen LogP) is 4.29. The van der Waals surface area contributed by atoms with Gasteiger partial charge in [0.1, 0.15) is 5.82 Å². The number of carbonyl (C=O) groups is 1. The van der Waals surface area contributed by atoms with Crippen LogP contribution in [0.4, 0.5) is 19.0 Å². The lowest BCUT2D eigenvalue weighted by molar-refractivity contribution is -0.137. The first-order chi connectivity index (χ1) is 13.3. The van der Waals surface area contributed by atoms with Gasteiger partial charge in [0.05, 0.1) is 11.3 Å². The lowest BCUT2D eigenvalue weighted by Gasteiger charge is -2.33. The van der Waals surface area contributed by atoms with Gasteiger partial charge in [-0.3, -0.25) is 4.79 Å². The Labute approximate surface area is 166 Å². The van der Waals surface area contributed by atoms with E-state index >= 15 is 0 Å². The van der Waals surface area contributed by atoms with Crippen LogP contribution < -0.4 is 10.2 Å². The smallest absolute Gasteiger partial charge is 0.356 e. The van der Waals surface area contributed by atoms with Crippen LogP contribution in [0.15, 0.2) is 47.5 Å². The Kier molecular flexibility index (Phi) is 6.49. The molecular formula is C20H22F3N3OS. The topological polar surface area (TPSA) is 45.2 Å². The highest BCUT2D eigenvalue weighted by atomic mass is 32.2. The van der Waals surface area contributed by atoms with Crippen molar-refractivity contribution in [2.45, 2.75) is 36.9 Å². The summed E-state index contributed by atoms with van der Waals surface area (Å²) in [5.74, 6) is 0.901. The van der Waals surface area contributed by atoms with Crippen molar-refractivity contribution >= 4 is 23.5 Å². The van der Waals surface area contributed by atoms with Gasteiger partial charge in [-0.05, 0) is 43.5 Å². The number of anilines is 1. The number of rotatable bonds is 5. The molecule has 0 bridgehead atoms. The first kappa shape index (κ1) is 20.5. The van der Waals surface area contributed by atoms with E-state index in [0.717, 1.165) is 35.6 Å². The van der Waals surface area contributed by atoms with Crippen LogP contribution in [0.1, 0.15) is 24.0 Å². The second-order valence-electron chi connectivity index (χ2n) is 6.79. The average molecular weight is 409 g/mol. The van der Waals surface area contributed by atoms with Crippen LogP contribution >= 0.6 is 11.8 Å². The first-order valence-electron chi connectivity index (χ1n) is 9.09. The lowest BCUT2D eigenvalue weighted by atomic mass is 10.0. The number of amides is 1. The van der Waals surface area contributed by atoms with E-state index in [0.29, 0.717) is 24.7 Å². The number of piperidine rings is 1. The number of nitrogens with zero attached hydrogens (tertiary/aromatic N) is 2. The lowest BCUT2D eigenvalue weighted by Crippen LogP contribution is -2.45. The molecule has 1 aliphatic rings. The Morgan fingerprint density at radius 3 is 2.54 bits per heavy atom. The molecular weight excluding hydrogens is 387 g/mol. The maximum atomic E-state index is 12.6. The average Bonchev–Trinajstić information content (AvgIpc) is 2.67. The van der Waals surface area contributed by atoms with E-state index in [-0.39, 0.29) is 11.9 Å². The molecule has 3 rings (SSSR count). The third-order valence-corrected chi connectivity index (χ3v) is 5.89. The molecule has 1 N–H and O–H groups in total. The number of hydrogen-bond donors (Lipinski definition) is 1. The maximum Gasteiger partial charge on any atom is 0.417 e. The molecule has 1 aliphatic heterocycles. The number of aromatic nitrogens is 1. The first-order valence-corrected chi connectivity index (χ1v) is 10.1. The molecule has 150 valence electrons. The van der Waals surface area contributed by atoms with Crippen molar-refractivity contribution < 1.29 is 18.0 Å². The maximum absolute atomic E-state index is 12.6. The molecule has 0 atom stereocenters. The Bertz CT molecular complexity index is 803. The highest BCUT2D eigenvalue weighted by Gasteiger charge is 2.31. The second-order valence-corrected chi connectivity index (χ2v) is 7.80. The van der Waals surface area contributed by atoms with Crippen molar-refractivity contribution in [3.8, 4) is 0 Å². The number of halogens is 3. The molecule has 0 aliphatic carbocycles. The molecule has 2 heterocycles. The van der Waals surface area contributed by atoms with Crippen LogP contribution in [0.2, 0.25) is 0 Å². The summed E-state index contributed by atoms with van der Waals surface area (Å²) in [4.78, 5) is 19.2. The number of benzene rings is 1. The number of carbonyl (C=O) groups excluding carboxylic acids is 1. The van der Waals surface area contributed by atoms with Gasteiger partial charge in [0, 0.05) is 30.2 Å². The monoisotopic (exact) mass is 409 g/mol. The molecule has 1 aromatic carbocycles. The molecule has 28 heavy (non-hydrogen) atoms. The van der Waals surface area contributed by atoms with Crippen molar-refractivity contribution in [3.05, 3.63) is 53.7 Å². The van der Waals surface area contributed by atoms with Crippen molar-refractivity contribution in [3.63, 3.8) is 0 Å². The fourth-order valence-electron chi connectivity index (χ4n) is 3.12. The van der Waals surface area contributed by atoms with Crippen molar-refractivity contribution in [1.82, 2.24) is 10.3 Å². The number of pyridine rings is 1. The largest absolute Gasteiger partial charge is 0.417 e. The minimum absolute atomic E-state index is 0.000594. The summed E-state index contributed by atoms with van der Waals surface area (Å²) < 4.78 is 37.9. The van der Waals surface area contributed by atoms with Gasteiger partial charge in [-0.2, -0.15) is 13.2 Å². The zero-order valence-electron chi connectivity index (χ0n) is 15.5. The highest BCUT2D eigenvalue weighted by Crippen LogP contribution is 2.30. The van der Waals surface area contributed by atoms with E-state index in [4.69, 9.17) is 0 Å². The molecule has 0 radical (unpaired) electrons. The number of aryl methyl sites for hydroxylation is 1. The van der Waals surface area contributed by atoms with Gasteiger partial charge in [0.15, 0.2) is 0 Å². The number of nitrogens with one attached hydrogen (secondary N) is 1. The van der Waals surface area contributed by atoms with Gasteiger partial charge in [-0.25, -0.2) is 4.98 Å².